The lowest BCUT2D eigenvalue weighted by Gasteiger charge is -2.35. The first-order valence-electron chi connectivity index (χ1n) is 6.27. The first-order chi connectivity index (χ1) is 9.56. The zero-order valence-electron chi connectivity index (χ0n) is 11.0. The molecule has 7 heteroatoms. The molecule has 1 fully saturated rings. The van der Waals surface area contributed by atoms with E-state index in [0.29, 0.717) is 13.1 Å². The van der Waals surface area contributed by atoms with Gasteiger partial charge in [0.15, 0.2) is 0 Å². The van der Waals surface area contributed by atoms with Crippen molar-refractivity contribution in [3.05, 3.63) is 29.6 Å². The van der Waals surface area contributed by atoms with Crippen LogP contribution in [0, 0.1) is 5.82 Å². The van der Waals surface area contributed by atoms with Crippen LogP contribution >= 0.6 is 0 Å². The SMILES string of the molecule is CNC(=O)C1CNCCN1C(=O)c1c(O)cccc1F. The van der Waals surface area contributed by atoms with E-state index in [4.69, 9.17) is 0 Å². The number of halogens is 1. The van der Waals surface area contributed by atoms with Gasteiger partial charge in [0.2, 0.25) is 5.91 Å². The maximum absolute atomic E-state index is 13.7. The van der Waals surface area contributed by atoms with E-state index in [1.165, 1.54) is 24.1 Å². The summed E-state index contributed by atoms with van der Waals surface area (Å²) in [6.07, 6.45) is 0. The normalized spacial score (nSPS) is 18.7. The average Bonchev–Trinajstić information content (AvgIpc) is 2.46. The number of benzene rings is 1. The molecule has 1 aromatic carbocycles. The monoisotopic (exact) mass is 281 g/mol. The molecule has 1 aromatic rings. The third-order valence-electron chi connectivity index (χ3n) is 3.26. The standard InChI is InChI=1S/C13H16FN3O3/c1-15-12(19)9-7-16-5-6-17(9)13(20)11-8(14)3-2-4-10(11)18/h2-4,9,16,18H,5-7H2,1H3,(H,15,19). The molecule has 0 aromatic heterocycles. The second-order valence-electron chi connectivity index (χ2n) is 4.47. The van der Waals surface area contributed by atoms with Gasteiger partial charge in [0.1, 0.15) is 23.2 Å². The number of phenolic OH excluding ortho intramolecular Hbond substituents is 1. The number of phenols is 1. The van der Waals surface area contributed by atoms with Crippen LogP contribution < -0.4 is 10.6 Å². The smallest absolute Gasteiger partial charge is 0.261 e. The topological polar surface area (TPSA) is 81.7 Å². The minimum Gasteiger partial charge on any atom is -0.507 e. The number of carbonyl (C=O) groups excluding carboxylic acids is 2. The Labute approximate surface area is 115 Å². The van der Waals surface area contributed by atoms with Crippen molar-refractivity contribution in [2.75, 3.05) is 26.7 Å². The fourth-order valence-corrected chi connectivity index (χ4v) is 2.22. The Hall–Kier alpha value is -2.15. The minimum atomic E-state index is -0.802. The van der Waals surface area contributed by atoms with Crippen LogP contribution in [0.1, 0.15) is 10.4 Å². The van der Waals surface area contributed by atoms with Gasteiger partial charge < -0.3 is 20.6 Å². The summed E-state index contributed by atoms with van der Waals surface area (Å²) in [6.45, 7) is 1.07. The summed E-state index contributed by atoms with van der Waals surface area (Å²) < 4.78 is 13.7. The van der Waals surface area contributed by atoms with E-state index in [1.54, 1.807) is 0 Å². The van der Waals surface area contributed by atoms with E-state index in [2.05, 4.69) is 10.6 Å². The summed E-state index contributed by atoms with van der Waals surface area (Å²) in [5.41, 5.74) is -0.400. The number of piperazine rings is 1. The van der Waals surface area contributed by atoms with Crippen molar-refractivity contribution in [3.63, 3.8) is 0 Å². The molecule has 1 unspecified atom stereocenters. The second-order valence-corrected chi connectivity index (χ2v) is 4.47. The Morgan fingerprint density at radius 2 is 2.25 bits per heavy atom. The molecule has 1 atom stereocenters. The number of nitrogens with one attached hydrogen (secondary N) is 2. The molecule has 108 valence electrons. The fraction of sp³-hybridized carbons (Fsp3) is 0.385. The third kappa shape index (κ3) is 2.57. The first-order valence-corrected chi connectivity index (χ1v) is 6.27. The predicted molar refractivity (Wildman–Crippen MR) is 69.8 cm³/mol. The molecule has 0 saturated carbocycles. The molecule has 1 aliphatic heterocycles. The molecule has 0 bridgehead atoms. The molecule has 1 saturated heterocycles. The van der Waals surface area contributed by atoms with E-state index in [-0.39, 0.29) is 12.5 Å². The number of hydrogen-bond donors (Lipinski definition) is 3. The molecule has 20 heavy (non-hydrogen) atoms. The molecule has 2 rings (SSSR count). The lowest BCUT2D eigenvalue weighted by atomic mass is 10.1. The lowest BCUT2D eigenvalue weighted by molar-refractivity contribution is -0.125. The molecular formula is C13H16FN3O3. The highest BCUT2D eigenvalue weighted by Crippen LogP contribution is 2.23. The van der Waals surface area contributed by atoms with Gasteiger partial charge in [-0.3, -0.25) is 9.59 Å². The number of aromatic hydroxyl groups is 1. The van der Waals surface area contributed by atoms with Crippen LogP contribution in [-0.2, 0) is 4.79 Å². The number of likely N-dealkylation sites (N-methyl/N-ethyl adjacent to an activating group) is 1. The number of nitrogens with zero attached hydrogens (tertiary/aromatic N) is 1. The Morgan fingerprint density at radius 1 is 1.50 bits per heavy atom. The first kappa shape index (κ1) is 14.3. The van der Waals surface area contributed by atoms with Gasteiger partial charge in [-0.15, -0.1) is 0 Å². The van der Waals surface area contributed by atoms with Crippen molar-refractivity contribution < 1.29 is 19.1 Å². The zero-order chi connectivity index (χ0) is 14.7. The molecule has 1 aliphatic rings. The van der Waals surface area contributed by atoms with Gasteiger partial charge in [-0.1, -0.05) is 6.07 Å². The van der Waals surface area contributed by atoms with Crippen LogP contribution in [0.15, 0.2) is 18.2 Å². The Kier molecular flexibility index (Phi) is 4.19. The highest BCUT2D eigenvalue weighted by Gasteiger charge is 2.34. The van der Waals surface area contributed by atoms with Crippen LogP contribution in [0.5, 0.6) is 5.75 Å². The van der Waals surface area contributed by atoms with E-state index < -0.39 is 29.1 Å². The van der Waals surface area contributed by atoms with Crippen molar-refractivity contribution in [1.29, 1.82) is 0 Å². The van der Waals surface area contributed by atoms with E-state index >= 15 is 0 Å². The third-order valence-corrected chi connectivity index (χ3v) is 3.26. The van der Waals surface area contributed by atoms with Gasteiger partial charge >= 0.3 is 0 Å². The van der Waals surface area contributed by atoms with Crippen LogP contribution in [0.2, 0.25) is 0 Å². The highest BCUT2D eigenvalue weighted by molar-refractivity contribution is 6.00. The molecule has 0 aliphatic carbocycles. The lowest BCUT2D eigenvalue weighted by Crippen LogP contribution is -2.59. The largest absolute Gasteiger partial charge is 0.507 e. The number of rotatable bonds is 2. The number of hydrogen-bond acceptors (Lipinski definition) is 4. The second kappa shape index (κ2) is 5.87. The summed E-state index contributed by atoms with van der Waals surface area (Å²) in [6, 6.07) is 2.94. The van der Waals surface area contributed by atoms with E-state index in [1.807, 2.05) is 0 Å². The number of carbonyl (C=O) groups is 2. The van der Waals surface area contributed by atoms with Gasteiger partial charge in [0.25, 0.3) is 5.91 Å². The molecular weight excluding hydrogens is 265 g/mol. The van der Waals surface area contributed by atoms with Crippen molar-refractivity contribution in [3.8, 4) is 5.75 Å². The van der Waals surface area contributed by atoms with Crippen molar-refractivity contribution >= 4 is 11.8 Å². The summed E-state index contributed by atoms with van der Waals surface area (Å²) in [5, 5.41) is 15.1. The molecule has 2 amide bonds. The molecule has 1 heterocycles. The van der Waals surface area contributed by atoms with Crippen molar-refractivity contribution in [2.45, 2.75) is 6.04 Å². The summed E-state index contributed by atoms with van der Waals surface area (Å²) in [4.78, 5) is 25.4. The van der Waals surface area contributed by atoms with E-state index in [9.17, 15) is 19.1 Å². The summed E-state index contributed by atoms with van der Waals surface area (Å²) >= 11 is 0. The maximum Gasteiger partial charge on any atom is 0.261 e. The fourth-order valence-electron chi connectivity index (χ4n) is 2.22. The van der Waals surface area contributed by atoms with Crippen LogP contribution in [0.3, 0.4) is 0 Å². The maximum atomic E-state index is 13.7. The van der Waals surface area contributed by atoms with Crippen molar-refractivity contribution in [1.82, 2.24) is 15.5 Å². The average molecular weight is 281 g/mol. The van der Waals surface area contributed by atoms with Gasteiger partial charge in [-0.25, -0.2) is 4.39 Å². The van der Waals surface area contributed by atoms with Crippen LogP contribution in [-0.4, -0.2) is 54.5 Å². The van der Waals surface area contributed by atoms with E-state index in [0.717, 1.165) is 6.07 Å². The van der Waals surface area contributed by atoms with Crippen molar-refractivity contribution in [2.24, 2.45) is 0 Å². The molecule has 6 nitrogen and oxygen atoms in total. The van der Waals surface area contributed by atoms with Gasteiger partial charge in [-0.2, -0.15) is 0 Å². The molecule has 0 radical (unpaired) electrons. The Balaban J connectivity index is 2.33. The predicted octanol–water partition coefficient (Wildman–Crippen LogP) is -0.309. The van der Waals surface area contributed by atoms with Gasteiger partial charge in [-0.05, 0) is 12.1 Å². The van der Waals surface area contributed by atoms with Crippen LogP contribution in [0.25, 0.3) is 0 Å². The van der Waals surface area contributed by atoms with Crippen LogP contribution in [0.4, 0.5) is 4.39 Å². The zero-order valence-corrected chi connectivity index (χ0v) is 11.0. The van der Waals surface area contributed by atoms with Gasteiger partial charge in [0.05, 0.1) is 0 Å². The summed E-state index contributed by atoms with van der Waals surface area (Å²) in [7, 11) is 1.47. The van der Waals surface area contributed by atoms with Gasteiger partial charge in [0, 0.05) is 26.7 Å². The minimum absolute atomic E-state index is 0.269. The number of amides is 2. The highest BCUT2D eigenvalue weighted by atomic mass is 19.1. The molecule has 0 spiro atoms. The quantitative estimate of drug-likeness (QED) is 0.694. The Morgan fingerprint density at radius 3 is 2.90 bits per heavy atom. The molecule has 3 N–H and O–H groups in total. The summed E-state index contributed by atoms with van der Waals surface area (Å²) in [5.74, 6) is -2.24. The Bertz CT molecular complexity index is 515.